The van der Waals surface area contributed by atoms with E-state index in [9.17, 15) is 4.79 Å². The molecule has 1 heterocycles. The molecular formula is C17H35N3O. The van der Waals surface area contributed by atoms with Crippen molar-refractivity contribution in [2.24, 2.45) is 5.73 Å². The minimum absolute atomic E-state index is 0.299. The van der Waals surface area contributed by atoms with Crippen LogP contribution in [0.1, 0.15) is 65.2 Å². The van der Waals surface area contributed by atoms with E-state index in [1.54, 1.807) is 0 Å². The number of nitrogens with two attached hydrogens (primary N) is 1. The maximum atomic E-state index is 12.2. The van der Waals surface area contributed by atoms with Crippen molar-refractivity contribution in [2.45, 2.75) is 71.3 Å². The van der Waals surface area contributed by atoms with Crippen LogP contribution in [-0.2, 0) is 4.79 Å². The average molecular weight is 297 g/mol. The Morgan fingerprint density at radius 1 is 1.05 bits per heavy atom. The number of hydrogen-bond donors (Lipinski definition) is 1. The van der Waals surface area contributed by atoms with Crippen molar-refractivity contribution in [2.75, 3.05) is 32.7 Å². The molecule has 0 bridgehead atoms. The molecule has 4 heteroatoms. The van der Waals surface area contributed by atoms with Gasteiger partial charge in [-0.2, -0.15) is 0 Å². The van der Waals surface area contributed by atoms with Crippen molar-refractivity contribution in [3.8, 4) is 0 Å². The summed E-state index contributed by atoms with van der Waals surface area (Å²) in [5.41, 5.74) is 5.89. The van der Waals surface area contributed by atoms with Crippen molar-refractivity contribution < 1.29 is 4.79 Å². The Hall–Kier alpha value is -0.610. The molecule has 0 aliphatic carbocycles. The van der Waals surface area contributed by atoms with Gasteiger partial charge in [-0.15, -0.1) is 0 Å². The minimum Gasteiger partial charge on any atom is -0.343 e. The third-order valence-corrected chi connectivity index (χ3v) is 4.41. The number of nitrogens with zero attached hydrogens (tertiary/aromatic N) is 2. The zero-order valence-corrected chi connectivity index (χ0v) is 14.1. The third kappa shape index (κ3) is 7.82. The second-order valence-corrected chi connectivity index (χ2v) is 6.37. The SMILES string of the molecule is CCCCN(CCCC)CCCC(=O)N1CCC(N)CC1. The maximum absolute atomic E-state index is 12.2. The van der Waals surface area contributed by atoms with Gasteiger partial charge in [-0.05, 0) is 51.7 Å². The van der Waals surface area contributed by atoms with Gasteiger partial charge >= 0.3 is 0 Å². The summed E-state index contributed by atoms with van der Waals surface area (Å²) in [6.07, 6.45) is 8.64. The zero-order chi connectivity index (χ0) is 15.5. The summed E-state index contributed by atoms with van der Waals surface area (Å²) in [4.78, 5) is 16.7. The monoisotopic (exact) mass is 297 g/mol. The van der Waals surface area contributed by atoms with Crippen LogP contribution in [0.2, 0.25) is 0 Å². The van der Waals surface area contributed by atoms with E-state index in [0.717, 1.165) is 38.9 Å². The van der Waals surface area contributed by atoms with Crippen molar-refractivity contribution in [1.82, 2.24) is 9.80 Å². The maximum Gasteiger partial charge on any atom is 0.222 e. The Labute approximate surface area is 131 Å². The largest absolute Gasteiger partial charge is 0.343 e. The molecule has 0 unspecified atom stereocenters. The van der Waals surface area contributed by atoms with Gasteiger partial charge in [0.25, 0.3) is 0 Å². The molecule has 1 rings (SSSR count). The van der Waals surface area contributed by atoms with Crippen LogP contribution in [0.25, 0.3) is 0 Å². The zero-order valence-electron chi connectivity index (χ0n) is 14.1. The van der Waals surface area contributed by atoms with Crippen molar-refractivity contribution in [1.29, 1.82) is 0 Å². The molecule has 1 fully saturated rings. The smallest absolute Gasteiger partial charge is 0.222 e. The average Bonchev–Trinajstić information content (AvgIpc) is 2.50. The van der Waals surface area contributed by atoms with E-state index in [0.29, 0.717) is 18.4 Å². The molecule has 0 aromatic rings. The van der Waals surface area contributed by atoms with Gasteiger partial charge in [-0.3, -0.25) is 4.79 Å². The van der Waals surface area contributed by atoms with Crippen molar-refractivity contribution in [3.63, 3.8) is 0 Å². The highest BCUT2D eigenvalue weighted by Gasteiger charge is 2.20. The van der Waals surface area contributed by atoms with Crippen LogP contribution >= 0.6 is 0 Å². The molecular weight excluding hydrogens is 262 g/mol. The first-order valence-corrected chi connectivity index (χ1v) is 8.93. The summed E-state index contributed by atoms with van der Waals surface area (Å²) < 4.78 is 0. The van der Waals surface area contributed by atoms with Gasteiger partial charge in [0.15, 0.2) is 0 Å². The first-order valence-electron chi connectivity index (χ1n) is 8.93. The van der Waals surface area contributed by atoms with Crippen LogP contribution in [0, 0.1) is 0 Å². The number of piperidine rings is 1. The summed E-state index contributed by atoms with van der Waals surface area (Å²) in [6, 6.07) is 0.299. The minimum atomic E-state index is 0.299. The molecule has 0 atom stereocenters. The molecule has 1 saturated heterocycles. The number of amides is 1. The molecule has 4 nitrogen and oxygen atoms in total. The van der Waals surface area contributed by atoms with Gasteiger partial charge < -0.3 is 15.5 Å². The molecule has 2 N–H and O–H groups in total. The van der Waals surface area contributed by atoms with Crippen molar-refractivity contribution in [3.05, 3.63) is 0 Å². The van der Waals surface area contributed by atoms with E-state index in [1.165, 1.54) is 38.8 Å². The van der Waals surface area contributed by atoms with Gasteiger partial charge in [-0.1, -0.05) is 26.7 Å². The molecule has 1 aliphatic rings. The van der Waals surface area contributed by atoms with E-state index in [4.69, 9.17) is 5.73 Å². The lowest BCUT2D eigenvalue weighted by molar-refractivity contribution is -0.132. The first kappa shape index (κ1) is 18.4. The molecule has 0 aromatic heterocycles. The molecule has 1 aliphatic heterocycles. The predicted molar refractivity (Wildman–Crippen MR) is 89.3 cm³/mol. The third-order valence-electron chi connectivity index (χ3n) is 4.41. The molecule has 124 valence electrons. The van der Waals surface area contributed by atoms with E-state index >= 15 is 0 Å². The number of hydrogen-bond acceptors (Lipinski definition) is 3. The van der Waals surface area contributed by atoms with Gasteiger partial charge in [0.05, 0.1) is 0 Å². The molecule has 0 aromatic carbocycles. The summed E-state index contributed by atoms with van der Waals surface area (Å²) in [5.74, 6) is 0.327. The Bertz CT molecular complexity index is 267. The van der Waals surface area contributed by atoms with Gasteiger partial charge in [-0.25, -0.2) is 0 Å². The van der Waals surface area contributed by atoms with Gasteiger partial charge in [0.2, 0.25) is 5.91 Å². The summed E-state index contributed by atoms with van der Waals surface area (Å²) in [6.45, 7) is 9.63. The lowest BCUT2D eigenvalue weighted by Gasteiger charge is -2.30. The van der Waals surface area contributed by atoms with E-state index < -0.39 is 0 Å². The fraction of sp³-hybridized carbons (Fsp3) is 0.941. The second kappa shape index (κ2) is 11.0. The van der Waals surface area contributed by atoms with Crippen LogP contribution in [-0.4, -0.2) is 54.5 Å². The lowest BCUT2D eigenvalue weighted by atomic mass is 10.1. The standard InChI is InChI=1S/C17H35N3O/c1-3-5-11-19(12-6-4-2)13-7-8-17(21)20-14-9-16(18)10-15-20/h16H,3-15,18H2,1-2H3. The van der Waals surface area contributed by atoms with E-state index in [1.807, 2.05) is 4.90 Å². The van der Waals surface area contributed by atoms with Crippen LogP contribution in [0.3, 0.4) is 0 Å². The molecule has 1 amide bonds. The summed E-state index contributed by atoms with van der Waals surface area (Å²) in [7, 11) is 0. The topological polar surface area (TPSA) is 49.6 Å². The Morgan fingerprint density at radius 3 is 2.10 bits per heavy atom. The summed E-state index contributed by atoms with van der Waals surface area (Å²) in [5, 5.41) is 0. The van der Waals surface area contributed by atoms with Gasteiger partial charge in [0.1, 0.15) is 0 Å². The van der Waals surface area contributed by atoms with Crippen LogP contribution in [0.4, 0.5) is 0 Å². The number of rotatable bonds is 10. The number of carbonyl (C=O) groups excluding carboxylic acids is 1. The lowest BCUT2D eigenvalue weighted by Crippen LogP contribution is -2.43. The van der Waals surface area contributed by atoms with E-state index in [2.05, 4.69) is 18.7 Å². The Balaban J connectivity index is 2.20. The fourth-order valence-electron chi connectivity index (χ4n) is 2.86. The molecule has 0 saturated carbocycles. The highest BCUT2D eigenvalue weighted by atomic mass is 16.2. The number of unbranched alkanes of at least 4 members (excludes halogenated alkanes) is 2. The Morgan fingerprint density at radius 2 is 1.57 bits per heavy atom. The molecule has 0 spiro atoms. The highest BCUT2D eigenvalue weighted by molar-refractivity contribution is 5.76. The fourth-order valence-corrected chi connectivity index (χ4v) is 2.86. The van der Waals surface area contributed by atoms with Crippen LogP contribution in [0.15, 0.2) is 0 Å². The van der Waals surface area contributed by atoms with Crippen LogP contribution < -0.4 is 5.73 Å². The molecule has 0 radical (unpaired) electrons. The van der Waals surface area contributed by atoms with Crippen LogP contribution in [0.5, 0.6) is 0 Å². The number of likely N-dealkylation sites (tertiary alicyclic amines) is 1. The number of carbonyl (C=O) groups is 1. The van der Waals surface area contributed by atoms with E-state index in [-0.39, 0.29) is 0 Å². The van der Waals surface area contributed by atoms with Gasteiger partial charge in [0, 0.05) is 25.6 Å². The summed E-state index contributed by atoms with van der Waals surface area (Å²) >= 11 is 0. The Kier molecular flexibility index (Phi) is 9.68. The molecule has 21 heavy (non-hydrogen) atoms. The van der Waals surface area contributed by atoms with Crippen molar-refractivity contribution >= 4 is 5.91 Å². The predicted octanol–water partition coefficient (Wildman–Crippen LogP) is 2.62. The second-order valence-electron chi connectivity index (χ2n) is 6.37. The quantitative estimate of drug-likeness (QED) is 0.674. The first-order chi connectivity index (χ1) is 10.2. The normalized spacial score (nSPS) is 16.7. The highest BCUT2D eigenvalue weighted by Crippen LogP contribution is 2.11.